The molecule has 2 aromatic heterocycles. The topological polar surface area (TPSA) is 100 Å². The van der Waals surface area contributed by atoms with E-state index in [2.05, 4.69) is 34.0 Å². The van der Waals surface area contributed by atoms with Crippen LogP contribution in [0.15, 0.2) is 40.2 Å². The summed E-state index contributed by atoms with van der Waals surface area (Å²) in [5.41, 5.74) is 1.59. The number of sulfonamides is 1. The van der Waals surface area contributed by atoms with Crippen molar-refractivity contribution in [2.75, 3.05) is 31.5 Å². The lowest BCUT2D eigenvalue weighted by Gasteiger charge is -2.36. The number of aryl methyl sites for hydroxylation is 1. The van der Waals surface area contributed by atoms with Gasteiger partial charge in [0.05, 0.1) is 4.90 Å². The zero-order valence-corrected chi connectivity index (χ0v) is 22.2. The van der Waals surface area contributed by atoms with E-state index in [1.807, 2.05) is 20.8 Å². The lowest BCUT2D eigenvalue weighted by molar-refractivity contribution is 0.154. The van der Waals surface area contributed by atoms with Crippen LogP contribution in [0.25, 0.3) is 11.0 Å². The van der Waals surface area contributed by atoms with Crippen molar-refractivity contribution in [2.24, 2.45) is 0 Å². The van der Waals surface area contributed by atoms with Gasteiger partial charge in [-0.25, -0.2) is 13.4 Å². The largest absolute Gasteiger partial charge is 0.324 e. The van der Waals surface area contributed by atoms with Crippen molar-refractivity contribution in [3.8, 4) is 0 Å². The van der Waals surface area contributed by atoms with Gasteiger partial charge >= 0.3 is 0 Å². The maximum absolute atomic E-state index is 13.2. The maximum Gasteiger partial charge on any atom is 0.271 e. The fourth-order valence-corrected chi connectivity index (χ4v) is 6.01. The van der Waals surface area contributed by atoms with Crippen molar-refractivity contribution in [2.45, 2.75) is 51.6 Å². The molecule has 0 aliphatic carbocycles. The summed E-state index contributed by atoms with van der Waals surface area (Å²) in [6.45, 7) is 12.3. The summed E-state index contributed by atoms with van der Waals surface area (Å²) in [7, 11) is -3.58. The third kappa shape index (κ3) is 5.06. The predicted molar refractivity (Wildman–Crippen MR) is 139 cm³/mol. The van der Waals surface area contributed by atoms with Crippen LogP contribution in [0.2, 0.25) is 5.02 Å². The Hall–Kier alpha value is -2.53. The first-order valence-electron chi connectivity index (χ1n) is 11.7. The molecule has 1 aromatic carbocycles. The first kappa shape index (κ1) is 25.6. The molecular weight excluding hydrogens is 488 g/mol. The van der Waals surface area contributed by atoms with E-state index < -0.39 is 10.0 Å². The summed E-state index contributed by atoms with van der Waals surface area (Å²) < 4.78 is 29.5. The van der Waals surface area contributed by atoms with Crippen LogP contribution in [0.1, 0.15) is 39.3 Å². The minimum Gasteiger partial charge on any atom is -0.324 e. The zero-order chi connectivity index (χ0) is 25.5. The number of nitrogens with zero attached hydrogens (tertiary/aromatic N) is 5. The Morgan fingerprint density at radius 1 is 1.03 bits per heavy atom. The number of rotatable bonds is 6. The second-order valence-corrected chi connectivity index (χ2v) is 11.7. The van der Waals surface area contributed by atoms with E-state index in [0.29, 0.717) is 41.8 Å². The average molecular weight is 519 g/mol. The molecule has 1 saturated heterocycles. The molecule has 1 fully saturated rings. The molecule has 0 spiro atoms. The van der Waals surface area contributed by atoms with Gasteiger partial charge in [-0.15, -0.1) is 0 Å². The van der Waals surface area contributed by atoms with Gasteiger partial charge in [-0.1, -0.05) is 11.6 Å². The standard InChI is InChI=1S/C24H31ClN6O3S/c1-15(2)29-8-10-30(11-9-29)35(33,34)19-6-7-21(17(5)12-19)27-24-26-14-18-13-20(25)23(32)31(16(3)4)22(18)28-24/h6-7,12-16H,8-11H2,1-5H3,(H,26,27,28). The van der Waals surface area contributed by atoms with Gasteiger partial charge in [0.1, 0.15) is 10.7 Å². The summed E-state index contributed by atoms with van der Waals surface area (Å²) in [4.78, 5) is 24.0. The van der Waals surface area contributed by atoms with Crippen LogP contribution in [0.4, 0.5) is 11.6 Å². The molecule has 9 nitrogen and oxygen atoms in total. The van der Waals surface area contributed by atoms with E-state index in [9.17, 15) is 13.2 Å². The van der Waals surface area contributed by atoms with Crippen molar-refractivity contribution >= 4 is 44.3 Å². The molecule has 35 heavy (non-hydrogen) atoms. The molecule has 3 aromatic rings. The minimum atomic E-state index is -3.58. The van der Waals surface area contributed by atoms with Crippen LogP contribution in [0.5, 0.6) is 0 Å². The van der Waals surface area contributed by atoms with Gasteiger partial charge in [0, 0.05) is 55.5 Å². The lowest BCUT2D eigenvalue weighted by Crippen LogP contribution is -2.50. The third-order valence-corrected chi connectivity index (χ3v) is 8.50. The van der Waals surface area contributed by atoms with Crippen molar-refractivity contribution in [1.82, 2.24) is 23.7 Å². The molecule has 0 radical (unpaired) electrons. The number of piperazine rings is 1. The zero-order valence-electron chi connectivity index (χ0n) is 20.6. The van der Waals surface area contributed by atoms with Gasteiger partial charge in [0.2, 0.25) is 16.0 Å². The normalized spacial score (nSPS) is 15.9. The van der Waals surface area contributed by atoms with E-state index in [1.54, 1.807) is 34.8 Å². The Kier molecular flexibility index (Phi) is 7.19. The summed E-state index contributed by atoms with van der Waals surface area (Å²) in [6.07, 6.45) is 1.61. The van der Waals surface area contributed by atoms with Gasteiger partial charge < -0.3 is 5.32 Å². The van der Waals surface area contributed by atoms with Crippen LogP contribution >= 0.6 is 11.6 Å². The fourth-order valence-electron chi connectivity index (χ4n) is 4.29. The van der Waals surface area contributed by atoms with E-state index in [1.165, 1.54) is 4.57 Å². The Morgan fingerprint density at radius 2 is 1.71 bits per heavy atom. The Morgan fingerprint density at radius 3 is 2.31 bits per heavy atom. The third-order valence-electron chi connectivity index (χ3n) is 6.33. The number of aromatic nitrogens is 3. The smallest absolute Gasteiger partial charge is 0.271 e. The highest BCUT2D eigenvalue weighted by atomic mass is 35.5. The first-order valence-corrected chi connectivity index (χ1v) is 13.5. The van der Waals surface area contributed by atoms with Crippen LogP contribution in [0, 0.1) is 6.92 Å². The van der Waals surface area contributed by atoms with E-state index in [4.69, 9.17) is 11.6 Å². The molecule has 1 aliphatic rings. The number of hydrogen-bond donors (Lipinski definition) is 1. The number of anilines is 2. The fraction of sp³-hybridized carbons (Fsp3) is 0.458. The molecule has 0 unspecified atom stereocenters. The quantitative estimate of drug-likeness (QED) is 0.529. The molecule has 0 bridgehead atoms. The van der Waals surface area contributed by atoms with Crippen molar-refractivity contribution < 1.29 is 8.42 Å². The summed E-state index contributed by atoms with van der Waals surface area (Å²) in [5, 5.41) is 3.93. The molecule has 188 valence electrons. The number of pyridine rings is 1. The molecular formula is C24H31ClN6O3S. The highest BCUT2D eigenvalue weighted by Gasteiger charge is 2.29. The van der Waals surface area contributed by atoms with Crippen LogP contribution < -0.4 is 10.9 Å². The van der Waals surface area contributed by atoms with Gasteiger partial charge in [0.15, 0.2) is 0 Å². The summed E-state index contributed by atoms with van der Waals surface area (Å²) in [6, 6.07) is 6.81. The molecule has 1 aliphatic heterocycles. The summed E-state index contributed by atoms with van der Waals surface area (Å²) >= 11 is 6.10. The SMILES string of the molecule is Cc1cc(S(=O)(=O)N2CCN(C(C)C)CC2)ccc1Nc1ncc2cc(Cl)c(=O)n(C(C)C)c2n1. The van der Waals surface area contributed by atoms with Crippen LogP contribution in [-0.2, 0) is 10.0 Å². The molecule has 0 amide bonds. The summed E-state index contributed by atoms with van der Waals surface area (Å²) in [5.74, 6) is 0.303. The van der Waals surface area contributed by atoms with Gasteiger partial charge in [0.25, 0.3) is 5.56 Å². The molecule has 3 heterocycles. The average Bonchev–Trinajstić information content (AvgIpc) is 2.81. The lowest BCUT2D eigenvalue weighted by atomic mass is 10.2. The highest BCUT2D eigenvalue weighted by molar-refractivity contribution is 7.89. The number of fused-ring (bicyclic) bond motifs is 1. The number of halogens is 1. The molecule has 11 heteroatoms. The second kappa shape index (κ2) is 9.85. The van der Waals surface area contributed by atoms with Crippen LogP contribution in [-0.4, -0.2) is 64.4 Å². The Balaban J connectivity index is 1.59. The van der Waals surface area contributed by atoms with Crippen molar-refractivity contribution in [1.29, 1.82) is 0 Å². The molecule has 4 rings (SSSR count). The van der Waals surface area contributed by atoms with Gasteiger partial charge in [-0.05, 0) is 64.4 Å². The van der Waals surface area contributed by atoms with Crippen molar-refractivity contribution in [3.05, 3.63) is 51.4 Å². The second-order valence-electron chi connectivity index (χ2n) is 9.37. The monoisotopic (exact) mass is 518 g/mol. The minimum absolute atomic E-state index is 0.119. The number of nitrogens with one attached hydrogen (secondary N) is 1. The molecule has 1 N–H and O–H groups in total. The molecule has 0 atom stereocenters. The number of hydrogen-bond acceptors (Lipinski definition) is 7. The van der Waals surface area contributed by atoms with E-state index in [0.717, 1.165) is 18.7 Å². The van der Waals surface area contributed by atoms with Gasteiger partial charge in [-0.3, -0.25) is 14.3 Å². The Bertz CT molecular complexity index is 1410. The molecule has 0 saturated carbocycles. The van der Waals surface area contributed by atoms with E-state index >= 15 is 0 Å². The maximum atomic E-state index is 13.2. The van der Waals surface area contributed by atoms with Crippen molar-refractivity contribution in [3.63, 3.8) is 0 Å². The predicted octanol–water partition coefficient (Wildman–Crippen LogP) is 3.79. The number of benzene rings is 1. The van der Waals surface area contributed by atoms with Gasteiger partial charge in [-0.2, -0.15) is 9.29 Å². The van der Waals surface area contributed by atoms with E-state index in [-0.39, 0.29) is 21.5 Å². The Labute approximate surface area is 210 Å². The van der Waals surface area contributed by atoms with Crippen LogP contribution in [0.3, 0.4) is 0 Å². The first-order chi connectivity index (χ1) is 16.5. The highest BCUT2D eigenvalue weighted by Crippen LogP contribution is 2.26.